The summed E-state index contributed by atoms with van der Waals surface area (Å²) in [6.07, 6.45) is 7.59. The quantitative estimate of drug-likeness (QED) is 0.446. The molecule has 3 heterocycles. The molecule has 2 amide bonds. The molecular formula is C26H32N6O3S. The minimum absolute atomic E-state index is 0.0360. The van der Waals surface area contributed by atoms with E-state index in [0.717, 1.165) is 60.4 Å². The second-order valence-corrected chi connectivity index (χ2v) is 10.6. The molecule has 3 N–H and O–H groups in total. The molecule has 1 aliphatic heterocycles. The van der Waals surface area contributed by atoms with Gasteiger partial charge in [0.05, 0.1) is 16.3 Å². The van der Waals surface area contributed by atoms with Gasteiger partial charge in [0.15, 0.2) is 5.13 Å². The molecule has 10 heteroatoms. The Kier molecular flexibility index (Phi) is 7.33. The van der Waals surface area contributed by atoms with Gasteiger partial charge in [-0.15, -0.1) is 0 Å². The first-order chi connectivity index (χ1) is 17.5. The first kappa shape index (κ1) is 24.5. The van der Waals surface area contributed by atoms with Crippen LogP contribution in [0.2, 0.25) is 0 Å². The van der Waals surface area contributed by atoms with E-state index in [1.54, 1.807) is 36.7 Å². The van der Waals surface area contributed by atoms with E-state index in [2.05, 4.69) is 25.8 Å². The lowest BCUT2D eigenvalue weighted by Crippen LogP contribution is -2.47. The molecule has 0 bridgehead atoms. The normalized spacial score (nSPS) is 22.3. The van der Waals surface area contributed by atoms with E-state index in [-0.39, 0.29) is 23.9 Å². The predicted octanol–water partition coefficient (Wildman–Crippen LogP) is 3.78. The largest absolute Gasteiger partial charge is 0.457 e. The fourth-order valence-corrected chi connectivity index (χ4v) is 5.96. The maximum absolute atomic E-state index is 12.6. The van der Waals surface area contributed by atoms with Crippen molar-refractivity contribution in [2.45, 2.75) is 56.7 Å². The molecule has 190 valence electrons. The Balaban J connectivity index is 1.16. The molecule has 1 atom stereocenters. The fraction of sp³-hybridized carbons (Fsp3) is 0.462. The van der Waals surface area contributed by atoms with Crippen molar-refractivity contribution in [3.05, 3.63) is 42.2 Å². The van der Waals surface area contributed by atoms with Crippen LogP contribution >= 0.6 is 11.3 Å². The second-order valence-electron chi connectivity index (χ2n) is 9.55. The number of likely N-dealkylation sites (tertiary alicyclic amines) is 1. The Labute approximate surface area is 214 Å². The zero-order chi connectivity index (χ0) is 25.1. The standard InChI is InChI=1S/C26H32N6O3S/c1-27-24(33)21-14-19(11-12-28-21)35-18-9-10-20-23(15-18)36-26(31-20)30-17-7-5-16(6-8-17)29-25(34)22-4-3-13-32(22)2/h9-12,14-17,22H,3-8,13H2,1-2H3,(H,27,33)(H,29,34)(H,30,31)/t16-,17-,22-/m0/s1. The number of hydrogen-bond donors (Lipinski definition) is 3. The van der Waals surface area contributed by atoms with Gasteiger partial charge in [0.2, 0.25) is 5.91 Å². The molecule has 1 aromatic carbocycles. The summed E-state index contributed by atoms with van der Waals surface area (Å²) in [4.78, 5) is 35.4. The number of hydrogen-bond acceptors (Lipinski definition) is 8. The Morgan fingerprint density at radius 3 is 2.58 bits per heavy atom. The van der Waals surface area contributed by atoms with Gasteiger partial charge in [0, 0.05) is 37.5 Å². The number of benzene rings is 1. The number of ether oxygens (including phenoxy) is 1. The van der Waals surface area contributed by atoms with Crippen molar-refractivity contribution in [2.24, 2.45) is 0 Å². The summed E-state index contributed by atoms with van der Waals surface area (Å²) in [5.74, 6) is 1.16. The number of fused-ring (bicyclic) bond motifs is 1. The molecular weight excluding hydrogens is 476 g/mol. The Morgan fingerprint density at radius 2 is 1.83 bits per heavy atom. The van der Waals surface area contributed by atoms with E-state index in [1.165, 1.54) is 0 Å². The highest BCUT2D eigenvalue weighted by molar-refractivity contribution is 7.22. The van der Waals surface area contributed by atoms with Crippen LogP contribution in [0, 0.1) is 0 Å². The van der Waals surface area contributed by atoms with Gasteiger partial charge < -0.3 is 20.7 Å². The molecule has 0 radical (unpaired) electrons. The Hall–Kier alpha value is -3.24. The molecule has 3 aromatic rings. The zero-order valence-electron chi connectivity index (χ0n) is 20.6. The van der Waals surface area contributed by atoms with Crippen LogP contribution in [0.15, 0.2) is 36.5 Å². The number of aromatic nitrogens is 2. The highest BCUT2D eigenvalue weighted by Gasteiger charge is 2.30. The Bertz CT molecular complexity index is 1240. The predicted molar refractivity (Wildman–Crippen MR) is 141 cm³/mol. The number of likely N-dealkylation sites (N-methyl/N-ethyl adjacent to an activating group) is 1. The number of pyridine rings is 1. The number of carbonyl (C=O) groups excluding carboxylic acids is 2. The summed E-state index contributed by atoms with van der Waals surface area (Å²) in [6.45, 7) is 1.01. The summed E-state index contributed by atoms with van der Waals surface area (Å²) in [5.41, 5.74) is 1.22. The van der Waals surface area contributed by atoms with E-state index in [4.69, 9.17) is 9.72 Å². The van der Waals surface area contributed by atoms with Crippen molar-refractivity contribution < 1.29 is 14.3 Å². The van der Waals surface area contributed by atoms with Crippen molar-refractivity contribution in [2.75, 3.05) is 26.0 Å². The topological polar surface area (TPSA) is 108 Å². The van der Waals surface area contributed by atoms with Crippen LogP contribution in [-0.4, -0.2) is 65.4 Å². The molecule has 1 saturated heterocycles. The van der Waals surface area contributed by atoms with Gasteiger partial charge in [-0.2, -0.15) is 0 Å². The fourth-order valence-electron chi connectivity index (χ4n) is 4.99. The van der Waals surface area contributed by atoms with Gasteiger partial charge in [-0.05, 0) is 70.3 Å². The molecule has 2 aromatic heterocycles. The number of carbonyl (C=O) groups is 2. The minimum atomic E-state index is -0.257. The lowest BCUT2D eigenvalue weighted by molar-refractivity contribution is -0.126. The second kappa shape index (κ2) is 10.8. The van der Waals surface area contributed by atoms with Crippen LogP contribution in [0.4, 0.5) is 5.13 Å². The van der Waals surface area contributed by atoms with Crippen molar-refractivity contribution in [1.82, 2.24) is 25.5 Å². The van der Waals surface area contributed by atoms with Crippen molar-refractivity contribution >= 4 is 38.5 Å². The number of amides is 2. The van der Waals surface area contributed by atoms with E-state index >= 15 is 0 Å². The van der Waals surface area contributed by atoms with Gasteiger partial charge in [-0.3, -0.25) is 19.5 Å². The molecule has 0 spiro atoms. The summed E-state index contributed by atoms with van der Waals surface area (Å²) < 4.78 is 6.99. The van der Waals surface area contributed by atoms with Gasteiger partial charge in [-0.25, -0.2) is 4.98 Å². The lowest BCUT2D eigenvalue weighted by atomic mass is 9.91. The molecule has 0 unspecified atom stereocenters. The average Bonchev–Trinajstić information content (AvgIpc) is 3.50. The van der Waals surface area contributed by atoms with Crippen LogP contribution in [-0.2, 0) is 4.79 Å². The summed E-state index contributed by atoms with van der Waals surface area (Å²) in [7, 11) is 3.61. The monoisotopic (exact) mass is 508 g/mol. The van der Waals surface area contributed by atoms with Crippen molar-refractivity contribution in [1.29, 1.82) is 0 Å². The number of anilines is 1. The van der Waals surface area contributed by atoms with Crippen molar-refractivity contribution in [3.8, 4) is 11.5 Å². The first-order valence-electron chi connectivity index (χ1n) is 12.5. The van der Waals surface area contributed by atoms with E-state index < -0.39 is 0 Å². The summed E-state index contributed by atoms with van der Waals surface area (Å²) in [6, 6.07) is 9.77. The Morgan fingerprint density at radius 1 is 1.06 bits per heavy atom. The van der Waals surface area contributed by atoms with Gasteiger partial charge >= 0.3 is 0 Å². The lowest BCUT2D eigenvalue weighted by Gasteiger charge is -2.31. The third-order valence-corrected chi connectivity index (χ3v) is 7.96. The summed E-state index contributed by atoms with van der Waals surface area (Å²) >= 11 is 1.60. The molecule has 2 aliphatic rings. The van der Waals surface area contributed by atoms with Gasteiger partial charge in [-0.1, -0.05) is 11.3 Å². The SMILES string of the molecule is CNC(=O)c1cc(Oc2ccc3nc(N[C@H]4CC[C@H](NC(=O)[C@@H]5CCCN5C)CC4)sc3c2)ccn1. The van der Waals surface area contributed by atoms with Crippen molar-refractivity contribution in [3.63, 3.8) is 0 Å². The molecule has 1 saturated carbocycles. The number of nitrogens with zero attached hydrogens (tertiary/aromatic N) is 3. The van der Waals surface area contributed by atoms with Crippen LogP contribution in [0.1, 0.15) is 49.0 Å². The number of rotatable bonds is 7. The molecule has 1 aliphatic carbocycles. The number of nitrogens with one attached hydrogen (secondary N) is 3. The van der Waals surface area contributed by atoms with Crippen LogP contribution in [0.3, 0.4) is 0 Å². The maximum Gasteiger partial charge on any atom is 0.269 e. The zero-order valence-corrected chi connectivity index (χ0v) is 21.4. The average molecular weight is 509 g/mol. The van der Waals surface area contributed by atoms with Crippen LogP contribution in [0.25, 0.3) is 10.2 Å². The van der Waals surface area contributed by atoms with E-state index in [9.17, 15) is 9.59 Å². The third kappa shape index (κ3) is 5.60. The van der Waals surface area contributed by atoms with Gasteiger partial charge in [0.25, 0.3) is 5.91 Å². The van der Waals surface area contributed by atoms with Gasteiger partial charge in [0.1, 0.15) is 17.2 Å². The number of thiazole rings is 1. The maximum atomic E-state index is 12.6. The molecule has 2 fully saturated rings. The highest BCUT2D eigenvalue weighted by atomic mass is 32.1. The molecule has 9 nitrogen and oxygen atoms in total. The minimum Gasteiger partial charge on any atom is -0.457 e. The van der Waals surface area contributed by atoms with E-state index in [1.807, 2.05) is 25.2 Å². The summed E-state index contributed by atoms with van der Waals surface area (Å²) in [5, 5.41) is 10.3. The smallest absolute Gasteiger partial charge is 0.269 e. The molecule has 36 heavy (non-hydrogen) atoms. The molecule has 5 rings (SSSR count). The van der Waals surface area contributed by atoms with Crippen LogP contribution in [0.5, 0.6) is 11.5 Å². The van der Waals surface area contributed by atoms with Crippen LogP contribution < -0.4 is 20.7 Å². The van der Waals surface area contributed by atoms with E-state index in [0.29, 0.717) is 23.2 Å². The third-order valence-electron chi connectivity index (χ3n) is 7.01. The first-order valence-corrected chi connectivity index (χ1v) is 13.3. The highest BCUT2D eigenvalue weighted by Crippen LogP contribution is 2.33.